The minimum absolute atomic E-state index is 0.0438. The van der Waals surface area contributed by atoms with Crippen LogP contribution in [0.5, 0.6) is 5.75 Å². The number of ether oxygens (including phenoxy) is 1. The van der Waals surface area contributed by atoms with E-state index in [0.717, 1.165) is 19.6 Å². The average molecular weight is 494 g/mol. The van der Waals surface area contributed by atoms with Gasteiger partial charge in [0, 0.05) is 39.3 Å². The second kappa shape index (κ2) is 11.4. The molecule has 1 fully saturated rings. The van der Waals surface area contributed by atoms with Crippen LogP contribution < -0.4 is 9.04 Å². The van der Waals surface area contributed by atoms with Crippen molar-refractivity contribution >= 4 is 21.6 Å². The molecule has 3 aromatic carbocycles. The molecule has 0 radical (unpaired) electrons. The molecule has 1 heterocycles. The van der Waals surface area contributed by atoms with Gasteiger partial charge in [0.05, 0.1) is 10.6 Å². The molecule has 0 aliphatic carbocycles. The molecule has 3 aromatic rings. The topological polar surface area (TPSA) is 70.2 Å². The van der Waals surface area contributed by atoms with E-state index in [1.54, 1.807) is 61.5 Å². The second-order valence-electron chi connectivity index (χ2n) is 8.41. The maximum atomic E-state index is 13.0. The van der Waals surface area contributed by atoms with Gasteiger partial charge < -0.3 is 9.64 Å². The van der Waals surface area contributed by atoms with Crippen molar-refractivity contribution in [3.8, 4) is 5.75 Å². The van der Waals surface area contributed by atoms with E-state index in [-0.39, 0.29) is 17.4 Å². The summed E-state index contributed by atoms with van der Waals surface area (Å²) >= 11 is 0. The van der Waals surface area contributed by atoms with Gasteiger partial charge in [-0.15, -0.1) is 0 Å². The first-order chi connectivity index (χ1) is 17.0. The highest BCUT2D eigenvalue weighted by molar-refractivity contribution is 7.92. The van der Waals surface area contributed by atoms with Crippen LogP contribution in [0.25, 0.3) is 0 Å². The van der Waals surface area contributed by atoms with Crippen LogP contribution in [0, 0.1) is 0 Å². The lowest BCUT2D eigenvalue weighted by molar-refractivity contribution is -0.135. The van der Waals surface area contributed by atoms with Gasteiger partial charge in [-0.05, 0) is 48.9 Å². The van der Waals surface area contributed by atoms with E-state index in [1.165, 1.54) is 9.87 Å². The molecule has 1 amide bonds. The van der Waals surface area contributed by atoms with Crippen molar-refractivity contribution in [2.45, 2.75) is 18.4 Å². The van der Waals surface area contributed by atoms with E-state index in [1.807, 2.05) is 23.1 Å². The Morgan fingerprint density at radius 2 is 1.46 bits per heavy atom. The first-order valence-electron chi connectivity index (χ1n) is 11.8. The quantitative estimate of drug-likeness (QED) is 0.455. The average Bonchev–Trinajstić information content (AvgIpc) is 2.90. The van der Waals surface area contributed by atoms with Crippen molar-refractivity contribution in [3.63, 3.8) is 0 Å². The Bertz CT molecular complexity index is 1190. The summed E-state index contributed by atoms with van der Waals surface area (Å²) in [6.07, 6.45) is 0. The van der Waals surface area contributed by atoms with Gasteiger partial charge in [-0.2, -0.15) is 0 Å². The summed E-state index contributed by atoms with van der Waals surface area (Å²) in [5.41, 5.74) is 1.82. The molecule has 4 rings (SSSR count). The molecule has 0 aromatic heterocycles. The summed E-state index contributed by atoms with van der Waals surface area (Å²) in [4.78, 5) is 17.1. The fraction of sp³-hybridized carbons (Fsp3) is 0.296. The van der Waals surface area contributed by atoms with Gasteiger partial charge in [-0.1, -0.05) is 48.5 Å². The predicted molar refractivity (Wildman–Crippen MR) is 137 cm³/mol. The summed E-state index contributed by atoms with van der Waals surface area (Å²) in [6.45, 7) is 5.96. The molecule has 1 aliphatic heterocycles. The second-order valence-corrected chi connectivity index (χ2v) is 10.3. The van der Waals surface area contributed by atoms with Crippen LogP contribution in [-0.2, 0) is 21.4 Å². The number of hydrogen-bond acceptors (Lipinski definition) is 5. The normalized spacial score (nSPS) is 14.5. The molecule has 0 bridgehead atoms. The third-order valence-corrected chi connectivity index (χ3v) is 8.00. The number of carbonyl (C=O) groups excluding carboxylic acids is 1. The number of nitrogens with zero attached hydrogens (tertiary/aromatic N) is 3. The summed E-state index contributed by atoms with van der Waals surface area (Å²) in [6, 6.07) is 25.5. The Hall–Kier alpha value is -3.36. The van der Waals surface area contributed by atoms with Gasteiger partial charge in [0.25, 0.3) is 15.9 Å². The predicted octanol–water partition coefficient (Wildman–Crippen LogP) is 3.63. The number of sulfonamides is 1. The number of rotatable bonds is 9. The third kappa shape index (κ3) is 6.21. The first-order valence-corrected chi connectivity index (χ1v) is 13.3. The fourth-order valence-electron chi connectivity index (χ4n) is 4.15. The molecule has 35 heavy (non-hydrogen) atoms. The fourth-order valence-corrected chi connectivity index (χ4v) is 5.65. The lowest BCUT2D eigenvalue weighted by Crippen LogP contribution is -2.49. The maximum absolute atomic E-state index is 13.0. The molecule has 0 unspecified atom stereocenters. The Kier molecular flexibility index (Phi) is 8.05. The van der Waals surface area contributed by atoms with Gasteiger partial charge in [-0.25, -0.2) is 8.42 Å². The van der Waals surface area contributed by atoms with E-state index in [9.17, 15) is 13.2 Å². The summed E-state index contributed by atoms with van der Waals surface area (Å²) < 4.78 is 33.1. The van der Waals surface area contributed by atoms with Crippen molar-refractivity contribution < 1.29 is 17.9 Å². The lowest BCUT2D eigenvalue weighted by Gasteiger charge is -2.34. The Balaban J connectivity index is 1.28. The van der Waals surface area contributed by atoms with Gasteiger partial charge in [-0.3, -0.25) is 14.0 Å². The number of hydrogen-bond donors (Lipinski definition) is 0. The highest BCUT2D eigenvalue weighted by Gasteiger charge is 2.24. The van der Waals surface area contributed by atoms with Crippen LogP contribution in [-0.4, -0.2) is 63.5 Å². The molecule has 8 heteroatoms. The van der Waals surface area contributed by atoms with Crippen molar-refractivity contribution in [1.82, 2.24) is 9.80 Å². The number of amides is 1. The largest absolute Gasteiger partial charge is 0.484 e. The van der Waals surface area contributed by atoms with E-state index in [4.69, 9.17) is 4.74 Å². The summed E-state index contributed by atoms with van der Waals surface area (Å²) in [5.74, 6) is 0.480. The van der Waals surface area contributed by atoms with Crippen LogP contribution in [0.2, 0.25) is 0 Å². The first kappa shape index (κ1) is 24.8. The van der Waals surface area contributed by atoms with Crippen LogP contribution in [0.4, 0.5) is 5.69 Å². The van der Waals surface area contributed by atoms with E-state index in [2.05, 4.69) is 17.0 Å². The van der Waals surface area contributed by atoms with Crippen LogP contribution in [0.1, 0.15) is 12.5 Å². The van der Waals surface area contributed by atoms with Gasteiger partial charge in [0.1, 0.15) is 5.75 Å². The summed E-state index contributed by atoms with van der Waals surface area (Å²) in [7, 11) is -3.65. The van der Waals surface area contributed by atoms with Gasteiger partial charge in [0.15, 0.2) is 6.61 Å². The third-order valence-electron chi connectivity index (χ3n) is 6.08. The summed E-state index contributed by atoms with van der Waals surface area (Å²) in [5, 5.41) is 0. The Morgan fingerprint density at radius 3 is 2.06 bits per heavy atom. The van der Waals surface area contributed by atoms with Crippen LogP contribution in [0.3, 0.4) is 0 Å². The minimum atomic E-state index is -3.65. The lowest BCUT2D eigenvalue weighted by atomic mass is 10.2. The molecule has 0 N–H and O–H groups in total. The molecule has 0 spiro atoms. The van der Waals surface area contributed by atoms with Crippen LogP contribution in [0.15, 0.2) is 89.8 Å². The van der Waals surface area contributed by atoms with Crippen molar-refractivity contribution in [1.29, 1.82) is 0 Å². The zero-order valence-electron chi connectivity index (χ0n) is 19.9. The van der Waals surface area contributed by atoms with Crippen LogP contribution >= 0.6 is 0 Å². The molecule has 184 valence electrons. The SMILES string of the molecule is CCN(c1ccc(OCC(=O)N2CCN(Cc3ccccc3)CC2)cc1)S(=O)(=O)c1ccccc1. The monoisotopic (exact) mass is 493 g/mol. The highest BCUT2D eigenvalue weighted by Crippen LogP contribution is 2.25. The smallest absolute Gasteiger partial charge is 0.264 e. The zero-order chi connectivity index (χ0) is 24.7. The number of anilines is 1. The standard InChI is InChI=1S/C27H31N3O4S/c1-2-30(35(32,33)26-11-7-4-8-12-26)24-13-15-25(16-14-24)34-22-27(31)29-19-17-28(18-20-29)21-23-9-5-3-6-10-23/h3-16H,2,17-22H2,1H3. The molecule has 1 aliphatic rings. The van der Waals surface area contributed by atoms with Crippen molar-refractivity contribution in [2.75, 3.05) is 43.6 Å². The molecular formula is C27H31N3O4S. The number of benzene rings is 3. The number of carbonyl (C=O) groups is 1. The van der Waals surface area contributed by atoms with E-state index < -0.39 is 10.0 Å². The number of piperazine rings is 1. The van der Waals surface area contributed by atoms with Gasteiger partial charge >= 0.3 is 0 Å². The molecule has 7 nitrogen and oxygen atoms in total. The maximum Gasteiger partial charge on any atom is 0.264 e. The molecule has 1 saturated heterocycles. The van der Waals surface area contributed by atoms with E-state index in [0.29, 0.717) is 31.1 Å². The van der Waals surface area contributed by atoms with Crippen molar-refractivity contribution in [3.05, 3.63) is 90.5 Å². The zero-order valence-corrected chi connectivity index (χ0v) is 20.7. The van der Waals surface area contributed by atoms with E-state index >= 15 is 0 Å². The van der Waals surface area contributed by atoms with Crippen molar-refractivity contribution in [2.24, 2.45) is 0 Å². The molecular weight excluding hydrogens is 462 g/mol. The Morgan fingerprint density at radius 1 is 0.857 bits per heavy atom. The Labute approximate surface area is 207 Å². The highest BCUT2D eigenvalue weighted by atomic mass is 32.2. The molecule has 0 atom stereocenters. The molecule has 0 saturated carbocycles. The minimum Gasteiger partial charge on any atom is -0.484 e. The van der Waals surface area contributed by atoms with Gasteiger partial charge in [0.2, 0.25) is 0 Å².